The minimum Gasteiger partial charge on any atom is -0.298 e. The number of amides is 1. The van der Waals surface area contributed by atoms with Gasteiger partial charge in [0.1, 0.15) is 11.6 Å². The Morgan fingerprint density at radius 3 is 2.58 bits per heavy atom. The quantitative estimate of drug-likeness (QED) is 0.498. The van der Waals surface area contributed by atoms with Gasteiger partial charge in [-0.05, 0) is 35.9 Å². The maximum Gasteiger partial charge on any atom is 0.257 e. The second-order valence-corrected chi connectivity index (χ2v) is 9.21. The molecule has 160 valence electrons. The summed E-state index contributed by atoms with van der Waals surface area (Å²) in [6.07, 6.45) is 1.74. The minimum absolute atomic E-state index is 0.00469. The first-order valence-corrected chi connectivity index (χ1v) is 11.2. The third-order valence-corrected chi connectivity index (χ3v) is 6.50. The van der Waals surface area contributed by atoms with Gasteiger partial charge in [0, 0.05) is 42.1 Å². The number of anilines is 1. The van der Waals surface area contributed by atoms with Crippen LogP contribution in [-0.4, -0.2) is 25.9 Å². The maximum atomic E-state index is 13.8. The molecular formula is C20H16F2N4O3S2. The average Bonchev–Trinajstić information content (AvgIpc) is 3.17. The molecule has 11 heteroatoms. The Bertz CT molecular complexity index is 1240. The van der Waals surface area contributed by atoms with E-state index in [4.69, 9.17) is 5.26 Å². The van der Waals surface area contributed by atoms with Crippen LogP contribution in [0.5, 0.6) is 0 Å². The van der Waals surface area contributed by atoms with Gasteiger partial charge in [0.15, 0.2) is 5.13 Å². The number of rotatable bonds is 8. The van der Waals surface area contributed by atoms with Gasteiger partial charge >= 0.3 is 0 Å². The Labute approximate surface area is 181 Å². The van der Waals surface area contributed by atoms with Crippen LogP contribution in [0.3, 0.4) is 0 Å². The molecular weight excluding hydrogens is 446 g/mol. The van der Waals surface area contributed by atoms with Crippen molar-refractivity contribution in [2.24, 2.45) is 0 Å². The molecule has 2 N–H and O–H groups in total. The molecule has 0 spiro atoms. The molecule has 0 aliphatic heterocycles. The van der Waals surface area contributed by atoms with Gasteiger partial charge in [-0.3, -0.25) is 10.1 Å². The van der Waals surface area contributed by atoms with Crippen LogP contribution in [-0.2, 0) is 16.4 Å². The molecule has 0 radical (unpaired) electrons. The number of nitriles is 1. The second kappa shape index (κ2) is 9.74. The summed E-state index contributed by atoms with van der Waals surface area (Å²) in [6, 6.07) is 10.5. The molecule has 0 bridgehead atoms. The summed E-state index contributed by atoms with van der Waals surface area (Å²) < 4.78 is 53.3. The number of carbonyl (C=O) groups is 1. The van der Waals surface area contributed by atoms with Crippen LogP contribution in [0.1, 0.15) is 27.2 Å². The molecule has 31 heavy (non-hydrogen) atoms. The van der Waals surface area contributed by atoms with Crippen molar-refractivity contribution < 1.29 is 22.0 Å². The molecule has 3 aromatic rings. The number of nitrogens with zero attached hydrogens (tertiary/aromatic N) is 2. The number of halogens is 2. The highest BCUT2D eigenvalue weighted by molar-refractivity contribution is 7.89. The van der Waals surface area contributed by atoms with E-state index in [9.17, 15) is 22.0 Å². The molecule has 0 fully saturated rings. The fourth-order valence-electron chi connectivity index (χ4n) is 2.58. The summed E-state index contributed by atoms with van der Waals surface area (Å²) in [4.78, 5) is 17.1. The zero-order valence-corrected chi connectivity index (χ0v) is 17.6. The van der Waals surface area contributed by atoms with Crippen molar-refractivity contribution in [2.75, 3.05) is 11.9 Å². The normalized spacial score (nSPS) is 11.1. The van der Waals surface area contributed by atoms with Crippen LogP contribution in [0.15, 0.2) is 53.6 Å². The zero-order chi connectivity index (χ0) is 22.4. The second-order valence-electron chi connectivity index (χ2n) is 6.33. The molecule has 0 unspecified atom stereocenters. The van der Waals surface area contributed by atoms with Crippen LogP contribution in [0.4, 0.5) is 13.9 Å². The van der Waals surface area contributed by atoms with E-state index in [1.54, 1.807) is 0 Å². The molecule has 3 rings (SSSR count). The van der Waals surface area contributed by atoms with Crippen molar-refractivity contribution in [3.05, 3.63) is 76.3 Å². The van der Waals surface area contributed by atoms with Gasteiger partial charge in [-0.1, -0.05) is 6.07 Å². The molecule has 0 saturated carbocycles. The van der Waals surface area contributed by atoms with Crippen molar-refractivity contribution in [2.45, 2.75) is 17.7 Å². The number of aromatic nitrogens is 1. The number of benzene rings is 2. The lowest BCUT2D eigenvalue weighted by molar-refractivity contribution is 0.102. The first-order chi connectivity index (χ1) is 14.8. The van der Waals surface area contributed by atoms with Gasteiger partial charge in [0.2, 0.25) is 10.0 Å². The van der Waals surface area contributed by atoms with E-state index in [-0.39, 0.29) is 35.0 Å². The highest BCUT2D eigenvalue weighted by Gasteiger charge is 2.15. The highest BCUT2D eigenvalue weighted by atomic mass is 32.2. The van der Waals surface area contributed by atoms with E-state index in [0.29, 0.717) is 10.4 Å². The Hall–Kier alpha value is -3.20. The number of hydrogen-bond donors (Lipinski definition) is 2. The lowest BCUT2D eigenvalue weighted by Crippen LogP contribution is -2.24. The Morgan fingerprint density at radius 2 is 1.90 bits per heavy atom. The zero-order valence-electron chi connectivity index (χ0n) is 15.9. The predicted octanol–water partition coefficient (Wildman–Crippen LogP) is 3.46. The van der Waals surface area contributed by atoms with Crippen molar-refractivity contribution in [1.82, 2.24) is 9.71 Å². The van der Waals surface area contributed by atoms with E-state index < -0.39 is 27.6 Å². The van der Waals surface area contributed by atoms with E-state index in [1.807, 2.05) is 6.07 Å². The fraction of sp³-hybridized carbons (Fsp3) is 0.150. The van der Waals surface area contributed by atoms with Gasteiger partial charge in [-0.25, -0.2) is 26.9 Å². The number of carbonyl (C=O) groups excluding carboxylic acids is 1. The van der Waals surface area contributed by atoms with Crippen LogP contribution >= 0.6 is 11.3 Å². The van der Waals surface area contributed by atoms with Crippen molar-refractivity contribution in [3.63, 3.8) is 0 Å². The van der Waals surface area contributed by atoms with E-state index in [1.165, 1.54) is 42.6 Å². The van der Waals surface area contributed by atoms with E-state index in [2.05, 4.69) is 15.0 Å². The van der Waals surface area contributed by atoms with Crippen molar-refractivity contribution in [1.29, 1.82) is 5.26 Å². The predicted molar refractivity (Wildman–Crippen MR) is 111 cm³/mol. The number of thiazole rings is 1. The molecule has 7 nitrogen and oxygen atoms in total. The van der Waals surface area contributed by atoms with Crippen LogP contribution in [0.2, 0.25) is 0 Å². The standard InChI is InChI=1S/C20H16F2N4O3S2/c21-15-5-2-14(18(22)11-15)10-16-12-24-20(30-16)26-19(27)13-3-6-17(7-4-13)31(28,29)25-9-1-8-23/h2-7,11-12,25H,1,9-10H2,(H,24,26,27). The van der Waals surface area contributed by atoms with E-state index >= 15 is 0 Å². The summed E-state index contributed by atoms with van der Waals surface area (Å²) in [5.74, 6) is -1.80. The number of sulfonamides is 1. The monoisotopic (exact) mass is 462 g/mol. The van der Waals surface area contributed by atoms with Crippen molar-refractivity contribution in [3.8, 4) is 6.07 Å². The SMILES string of the molecule is N#CCCNS(=O)(=O)c1ccc(C(=O)Nc2ncc(Cc3ccc(F)cc3F)s2)cc1. The minimum atomic E-state index is -3.76. The lowest BCUT2D eigenvalue weighted by Gasteiger charge is -2.06. The Balaban J connectivity index is 1.63. The third kappa shape index (κ3) is 5.91. The molecule has 1 aromatic heterocycles. The Morgan fingerprint density at radius 1 is 1.16 bits per heavy atom. The lowest BCUT2D eigenvalue weighted by atomic mass is 10.1. The Kier molecular flexibility index (Phi) is 7.06. The molecule has 0 saturated heterocycles. The maximum absolute atomic E-state index is 13.8. The molecule has 1 heterocycles. The average molecular weight is 463 g/mol. The smallest absolute Gasteiger partial charge is 0.257 e. The molecule has 1 amide bonds. The number of hydrogen-bond acceptors (Lipinski definition) is 6. The molecule has 0 aliphatic rings. The number of nitrogens with one attached hydrogen (secondary N) is 2. The molecule has 0 aliphatic carbocycles. The summed E-state index contributed by atoms with van der Waals surface area (Å²) in [5.41, 5.74) is 0.528. The van der Waals surface area contributed by atoms with Gasteiger partial charge in [-0.2, -0.15) is 5.26 Å². The van der Waals surface area contributed by atoms with Gasteiger partial charge in [0.05, 0.1) is 11.0 Å². The molecule has 2 aromatic carbocycles. The van der Waals surface area contributed by atoms with Crippen molar-refractivity contribution >= 4 is 32.4 Å². The molecule has 0 atom stereocenters. The first kappa shape index (κ1) is 22.5. The summed E-state index contributed by atoms with van der Waals surface area (Å²) in [5, 5.41) is 11.4. The van der Waals surface area contributed by atoms with Gasteiger partial charge < -0.3 is 0 Å². The fourth-order valence-corrected chi connectivity index (χ4v) is 4.44. The van der Waals surface area contributed by atoms with Crippen LogP contribution in [0, 0.1) is 23.0 Å². The van der Waals surface area contributed by atoms with E-state index in [0.717, 1.165) is 17.4 Å². The first-order valence-electron chi connectivity index (χ1n) is 8.95. The highest BCUT2D eigenvalue weighted by Crippen LogP contribution is 2.23. The van der Waals surface area contributed by atoms with Gasteiger partial charge in [-0.15, -0.1) is 11.3 Å². The third-order valence-electron chi connectivity index (χ3n) is 4.11. The summed E-state index contributed by atoms with van der Waals surface area (Å²) >= 11 is 1.15. The topological polar surface area (TPSA) is 112 Å². The van der Waals surface area contributed by atoms with Crippen LogP contribution in [0.25, 0.3) is 0 Å². The van der Waals surface area contributed by atoms with Crippen LogP contribution < -0.4 is 10.0 Å². The largest absolute Gasteiger partial charge is 0.298 e. The van der Waals surface area contributed by atoms with Gasteiger partial charge in [0.25, 0.3) is 5.91 Å². The summed E-state index contributed by atoms with van der Waals surface area (Å²) in [6.45, 7) is -0.00469. The summed E-state index contributed by atoms with van der Waals surface area (Å²) in [7, 11) is -3.76.